The topological polar surface area (TPSA) is 92.3 Å². The first kappa shape index (κ1) is 21.6. The lowest BCUT2D eigenvalue weighted by molar-refractivity contribution is -0.156. The lowest BCUT2D eigenvalue weighted by atomic mass is 10.1. The summed E-state index contributed by atoms with van der Waals surface area (Å²) in [6, 6.07) is 8.15. The van der Waals surface area contributed by atoms with Crippen molar-refractivity contribution in [2.45, 2.75) is 19.0 Å². The Balaban J connectivity index is 1.49. The van der Waals surface area contributed by atoms with Gasteiger partial charge in [-0.05, 0) is 36.2 Å². The number of aromatic nitrogens is 1. The highest BCUT2D eigenvalue weighted by Gasteiger charge is 2.41. The van der Waals surface area contributed by atoms with Gasteiger partial charge >= 0.3 is 0 Å². The summed E-state index contributed by atoms with van der Waals surface area (Å²) >= 11 is 0. The molecule has 4 rings (SSSR count). The third-order valence-corrected chi connectivity index (χ3v) is 5.95. The Hall–Kier alpha value is -3.62. The van der Waals surface area contributed by atoms with Gasteiger partial charge in [-0.2, -0.15) is 0 Å². The predicted molar refractivity (Wildman–Crippen MR) is 115 cm³/mol. The van der Waals surface area contributed by atoms with E-state index in [1.807, 2.05) is 12.1 Å². The van der Waals surface area contributed by atoms with Crippen molar-refractivity contribution in [3.63, 3.8) is 0 Å². The third-order valence-electron chi connectivity index (χ3n) is 5.95. The number of fused-ring (bicyclic) bond motifs is 1. The summed E-state index contributed by atoms with van der Waals surface area (Å²) in [6.07, 6.45) is 3.72. The number of piperazine rings is 1. The van der Waals surface area contributed by atoms with Gasteiger partial charge in [-0.15, -0.1) is 0 Å². The van der Waals surface area contributed by atoms with Crippen molar-refractivity contribution in [2.75, 3.05) is 40.4 Å². The van der Waals surface area contributed by atoms with Crippen LogP contribution in [0.4, 0.5) is 0 Å². The molecule has 2 aliphatic rings. The standard InChI is InChI=1S/C23H26N4O5/c1-31-17-3-4-18(20(13-17)32-2)22(29)25-10-7-19-23(30)26(14-16-5-8-24-9-6-16)15-21(28)27(19)12-11-25/h3-6,8-9,13,19H,7,10-12,14-15H2,1-2H3. The molecule has 2 fully saturated rings. The van der Waals surface area contributed by atoms with Crippen molar-refractivity contribution in [2.24, 2.45) is 0 Å². The van der Waals surface area contributed by atoms with Crippen molar-refractivity contribution in [1.82, 2.24) is 19.7 Å². The van der Waals surface area contributed by atoms with Gasteiger partial charge in [0.2, 0.25) is 11.8 Å². The number of methoxy groups -OCH3 is 2. The van der Waals surface area contributed by atoms with Gasteiger partial charge in [-0.3, -0.25) is 19.4 Å². The van der Waals surface area contributed by atoms with Crippen LogP contribution in [-0.4, -0.2) is 83.8 Å². The van der Waals surface area contributed by atoms with Gasteiger partial charge in [0.1, 0.15) is 24.1 Å². The minimum Gasteiger partial charge on any atom is -0.497 e. The highest BCUT2D eigenvalue weighted by molar-refractivity contribution is 5.98. The molecule has 0 aliphatic carbocycles. The summed E-state index contributed by atoms with van der Waals surface area (Å²) < 4.78 is 10.6. The van der Waals surface area contributed by atoms with Crippen molar-refractivity contribution in [1.29, 1.82) is 0 Å². The zero-order chi connectivity index (χ0) is 22.7. The fourth-order valence-electron chi connectivity index (χ4n) is 4.22. The molecule has 168 valence electrons. The summed E-state index contributed by atoms with van der Waals surface area (Å²) in [5, 5.41) is 0. The van der Waals surface area contributed by atoms with Gasteiger partial charge in [0.15, 0.2) is 0 Å². The van der Waals surface area contributed by atoms with Gasteiger partial charge in [0.25, 0.3) is 5.91 Å². The van der Waals surface area contributed by atoms with Crippen molar-refractivity contribution < 1.29 is 23.9 Å². The number of amides is 3. The quantitative estimate of drug-likeness (QED) is 0.696. The van der Waals surface area contributed by atoms with Gasteiger partial charge in [-0.25, -0.2) is 0 Å². The summed E-state index contributed by atoms with van der Waals surface area (Å²) in [5.41, 5.74) is 1.34. The van der Waals surface area contributed by atoms with E-state index in [0.29, 0.717) is 49.7 Å². The number of rotatable bonds is 5. The van der Waals surface area contributed by atoms with Crippen LogP contribution in [0.15, 0.2) is 42.7 Å². The molecular formula is C23H26N4O5. The maximum Gasteiger partial charge on any atom is 0.257 e. The lowest BCUT2D eigenvalue weighted by Crippen LogP contribution is -2.59. The fraction of sp³-hybridized carbons (Fsp3) is 0.391. The summed E-state index contributed by atoms with van der Waals surface area (Å²) in [5.74, 6) is 0.638. The molecule has 1 aromatic carbocycles. The molecule has 1 aromatic heterocycles. The van der Waals surface area contributed by atoms with Crippen LogP contribution in [0.5, 0.6) is 11.5 Å². The summed E-state index contributed by atoms with van der Waals surface area (Å²) in [4.78, 5) is 48.1. The zero-order valence-electron chi connectivity index (χ0n) is 18.2. The van der Waals surface area contributed by atoms with E-state index in [1.54, 1.807) is 52.4 Å². The van der Waals surface area contributed by atoms with Crippen LogP contribution in [0, 0.1) is 0 Å². The molecular weight excluding hydrogens is 412 g/mol. The van der Waals surface area contributed by atoms with E-state index in [2.05, 4.69) is 4.98 Å². The Morgan fingerprint density at radius 1 is 1.06 bits per heavy atom. The molecule has 2 aromatic rings. The highest BCUT2D eigenvalue weighted by atomic mass is 16.5. The Morgan fingerprint density at radius 3 is 2.56 bits per heavy atom. The van der Waals surface area contributed by atoms with E-state index < -0.39 is 6.04 Å². The lowest BCUT2D eigenvalue weighted by Gasteiger charge is -2.39. The molecule has 0 radical (unpaired) electrons. The van der Waals surface area contributed by atoms with Crippen molar-refractivity contribution in [3.8, 4) is 11.5 Å². The molecule has 32 heavy (non-hydrogen) atoms. The van der Waals surface area contributed by atoms with Gasteiger partial charge in [0, 0.05) is 44.6 Å². The minimum absolute atomic E-state index is 0.0396. The first-order valence-corrected chi connectivity index (χ1v) is 10.5. The second kappa shape index (κ2) is 9.25. The zero-order valence-corrected chi connectivity index (χ0v) is 18.2. The van der Waals surface area contributed by atoms with Crippen LogP contribution in [-0.2, 0) is 16.1 Å². The molecule has 0 bridgehead atoms. The fourth-order valence-corrected chi connectivity index (χ4v) is 4.22. The number of carbonyl (C=O) groups excluding carboxylic acids is 3. The van der Waals surface area contributed by atoms with E-state index in [0.717, 1.165) is 5.56 Å². The van der Waals surface area contributed by atoms with Crippen molar-refractivity contribution >= 4 is 17.7 Å². The molecule has 2 saturated heterocycles. The molecule has 3 amide bonds. The second-order valence-electron chi connectivity index (χ2n) is 7.80. The Morgan fingerprint density at radius 2 is 1.84 bits per heavy atom. The number of hydrogen-bond acceptors (Lipinski definition) is 6. The molecule has 9 nitrogen and oxygen atoms in total. The van der Waals surface area contributed by atoms with Crippen LogP contribution in [0.2, 0.25) is 0 Å². The Bertz CT molecular complexity index is 1010. The molecule has 3 heterocycles. The van der Waals surface area contributed by atoms with Gasteiger partial charge < -0.3 is 24.2 Å². The number of benzene rings is 1. The first-order valence-electron chi connectivity index (χ1n) is 10.5. The van der Waals surface area contributed by atoms with Crippen LogP contribution in [0.3, 0.4) is 0 Å². The minimum atomic E-state index is -0.561. The average Bonchev–Trinajstić information content (AvgIpc) is 3.06. The van der Waals surface area contributed by atoms with E-state index in [-0.39, 0.29) is 24.3 Å². The number of carbonyl (C=O) groups is 3. The Labute approximate surface area is 186 Å². The molecule has 2 aliphatic heterocycles. The summed E-state index contributed by atoms with van der Waals surface area (Å²) in [7, 11) is 3.05. The maximum atomic E-state index is 13.2. The number of nitrogens with zero attached hydrogens (tertiary/aromatic N) is 4. The summed E-state index contributed by atoms with van der Waals surface area (Å²) in [6.45, 7) is 1.45. The van der Waals surface area contributed by atoms with E-state index in [9.17, 15) is 14.4 Å². The number of hydrogen-bond donors (Lipinski definition) is 0. The molecule has 1 unspecified atom stereocenters. The third kappa shape index (κ3) is 4.23. The highest BCUT2D eigenvalue weighted by Crippen LogP contribution is 2.27. The number of ether oxygens (including phenoxy) is 2. The van der Waals surface area contributed by atoms with Crippen molar-refractivity contribution in [3.05, 3.63) is 53.9 Å². The molecule has 9 heteroatoms. The SMILES string of the molecule is COc1ccc(C(=O)N2CCC3C(=O)N(Cc4ccncc4)CC(=O)N3CC2)c(OC)c1. The average molecular weight is 438 g/mol. The monoisotopic (exact) mass is 438 g/mol. The van der Waals surface area contributed by atoms with E-state index in [1.165, 1.54) is 7.11 Å². The van der Waals surface area contributed by atoms with Crippen LogP contribution >= 0.6 is 0 Å². The molecule has 0 saturated carbocycles. The largest absolute Gasteiger partial charge is 0.497 e. The van der Waals surface area contributed by atoms with E-state index in [4.69, 9.17) is 9.47 Å². The predicted octanol–water partition coefficient (Wildman–Crippen LogP) is 1.18. The first-order chi connectivity index (χ1) is 15.5. The van der Waals surface area contributed by atoms with Crippen LogP contribution < -0.4 is 9.47 Å². The van der Waals surface area contributed by atoms with Gasteiger partial charge in [0.05, 0.1) is 19.8 Å². The van der Waals surface area contributed by atoms with E-state index >= 15 is 0 Å². The molecule has 0 spiro atoms. The Kier molecular flexibility index (Phi) is 6.25. The molecule has 0 N–H and O–H groups in total. The molecule has 1 atom stereocenters. The smallest absolute Gasteiger partial charge is 0.257 e. The normalized spacial score (nSPS) is 18.8. The number of pyridine rings is 1. The maximum absolute atomic E-state index is 13.2. The van der Waals surface area contributed by atoms with Crippen LogP contribution in [0.1, 0.15) is 22.3 Å². The second-order valence-corrected chi connectivity index (χ2v) is 7.80. The van der Waals surface area contributed by atoms with Crippen LogP contribution in [0.25, 0.3) is 0 Å². The van der Waals surface area contributed by atoms with Gasteiger partial charge in [-0.1, -0.05) is 0 Å².